The Bertz CT molecular complexity index is 1130. The van der Waals surface area contributed by atoms with Crippen LogP contribution in [0.2, 0.25) is 0 Å². The van der Waals surface area contributed by atoms with Gasteiger partial charge in [0, 0.05) is 11.4 Å². The van der Waals surface area contributed by atoms with Crippen molar-refractivity contribution in [3.63, 3.8) is 0 Å². The first-order valence-electron chi connectivity index (χ1n) is 8.50. The summed E-state index contributed by atoms with van der Waals surface area (Å²) in [6.07, 6.45) is 3.29. The molecular weight excluding hydrogens is 362 g/mol. The van der Waals surface area contributed by atoms with Gasteiger partial charge in [-0.2, -0.15) is 0 Å². The zero-order valence-electron chi connectivity index (χ0n) is 15.2. The molecule has 0 amide bonds. The summed E-state index contributed by atoms with van der Waals surface area (Å²) in [5.41, 5.74) is 0.150. The average Bonchev–Trinajstić information content (AvgIpc) is 3.07. The summed E-state index contributed by atoms with van der Waals surface area (Å²) in [6, 6.07) is 13.1. The summed E-state index contributed by atoms with van der Waals surface area (Å²) in [5.74, 6) is 0. The number of rotatable bonds is 6. The first kappa shape index (κ1) is 18.9. The van der Waals surface area contributed by atoms with Crippen LogP contribution >= 0.6 is 11.3 Å². The number of ether oxygens (including phenoxy) is 1. The van der Waals surface area contributed by atoms with Gasteiger partial charge < -0.3 is 19.6 Å². The summed E-state index contributed by atoms with van der Waals surface area (Å²) in [5, 5.41) is 1.21. The smallest absolute Gasteiger partial charge is 0.272 e. The van der Waals surface area contributed by atoms with Crippen LogP contribution in [0, 0.1) is 0 Å². The molecule has 27 heavy (non-hydrogen) atoms. The van der Waals surface area contributed by atoms with Crippen LogP contribution in [0.3, 0.4) is 0 Å². The molecule has 0 bridgehead atoms. The Kier molecular flexibility index (Phi) is 6.05. The highest BCUT2D eigenvalue weighted by molar-refractivity contribution is 7.14. The van der Waals surface area contributed by atoms with E-state index in [0.29, 0.717) is 6.61 Å². The minimum Gasteiger partial charge on any atom is -0.483 e. The van der Waals surface area contributed by atoms with Crippen LogP contribution in [-0.4, -0.2) is 42.1 Å². The molecule has 0 atom stereocenters. The summed E-state index contributed by atoms with van der Waals surface area (Å²) in [4.78, 5) is 32.8. The van der Waals surface area contributed by atoms with Crippen molar-refractivity contribution in [2.75, 3.05) is 27.2 Å². The van der Waals surface area contributed by atoms with Crippen LogP contribution in [0.4, 0.5) is 0 Å². The predicted octanol–water partition coefficient (Wildman–Crippen LogP) is 0.723. The number of aromatic amines is 2. The van der Waals surface area contributed by atoms with E-state index in [1.807, 2.05) is 61.5 Å². The molecular formula is C20H21N3O3S. The van der Waals surface area contributed by atoms with Crippen molar-refractivity contribution in [2.45, 2.75) is 0 Å². The molecule has 0 unspecified atom stereocenters. The van der Waals surface area contributed by atoms with Crippen LogP contribution in [-0.2, 0) is 0 Å². The molecule has 2 heterocycles. The highest BCUT2D eigenvalue weighted by Crippen LogP contribution is 2.24. The van der Waals surface area contributed by atoms with Crippen LogP contribution in [0.25, 0.3) is 12.2 Å². The fraction of sp³-hybridized carbons (Fsp3) is 0.200. The molecule has 0 aliphatic rings. The van der Waals surface area contributed by atoms with Gasteiger partial charge in [-0.15, -0.1) is 0 Å². The van der Waals surface area contributed by atoms with Crippen LogP contribution in [0.1, 0.15) is 10.4 Å². The van der Waals surface area contributed by atoms with Gasteiger partial charge in [0.05, 0.1) is 0 Å². The number of benzene rings is 1. The Morgan fingerprint density at radius 3 is 2.30 bits per heavy atom. The number of likely N-dealkylation sites (N-methyl/N-ethyl adjacent to an activating group) is 1. The van der Waals surface area contributed by atoms with Gasteiger partial charge in [-0.05, 0) is 43.9 Å². The summed E-state index contributed by atoms with van der Waals surface area (Å²) >= 11 is 1.42. The lowest BCUT2D eigenvalue weighted by Gasteiger charge is -2.09. The zero-order chi connectivity index (χ0) is 19.2. The Balaban J connectivity index is 1.87. The van der Waals surface area contributed by atoms with Crippen molar-refractivity contribution < 1.29 is 4.74 Å². The third-order valence-electron chi connectivity index (χ3n) is 3.77. The van der Waals surface area contributed by atoms with Gasteiger partial charge in [-0.1, -0.05) is 41.7 Å². The third kappa shape index (κ3) is 5.29. The molecule has 1 aromatic carbocycles. The second-order valence-electron chi connectivity index (χ2n) is 6.24. The number of nitrogens with one attached hydrogen (secondary N) is 2. The molecule has 3 rings (SSSR count). The molecule has 140 valence electrons. The number of hydrogen-bond donors (Lipinski definition) is 2. The van der Waals surface area contributed by atoms with E-state index in [9.17, 15) is 9.59 Å². The first-order valence-corrected chi connectivity index (χ1v) is 9.31. The average molecular weight is 383 g/mol. The summed E-state index contributed by atoms with van der Waals surface area (Å²) in [6.45, 7) is 1.41. The molecule has 2 aromatic heterocycles. The van der Waals surface area contributed by atoms with Crippen molar-refractivity contribution in [1.29, 1.82) is 0 Å². The van der Waals surface area contributed by atoms with Gasteiger partial charge in [0.1, 0.15) is 17.3 Å². The molecule has 2 N–H and O–H groups in total. The highest BCUT2D eigenvalue weighted by Gasteiger charge is 2.01. The van der Waals surface area contributed by atoms with Crippen molar-refractivity contribution >= 4 is 23.5 Å². The van der Waals surface area contributed by atoms with Crippen LogP contribution < -0.4 is 26.6 Å². The van der Waals surface area contributed by atoms with Gasteiger partial charge in [0.25, 0.3) is 11.1 Å². The van der Waals surface area contributed by atoms with Crippen LogP contribution in [0.5, 0.6) is 5.06 Å². The molecule has 6 nitrogen and oxygen atoms in total. The second kappa shape index (κ2) is 8.66. The normalized spacial score (nSPS) is 12.7. The topological polar surface area (TPSA) is 78.2 Å². The SMILES string of the molecule is CN(C)CCOc1ccc(/C=c2\[nH]c(=O)/c(=C/c3ccccc3)[nH]c2=O)s1. The lowest BCUT2D eigenvalue weighted by Crippen LogP contribution is -2.46. The quantitative estimate of drug-likeness (QED) is 0.658. The fourth-order valence-electron chi connectivity index (χ4n) is 2.37. The molecule has 0 saturated heterocycles. The minimum atomic E-state index is -0.347. The van der Waals surface area contributed by atoms with Crippen molar-refractivity contribution in [1.82, 2.24) is 14.9 Å². The minimum absolute atomic E-state index is 0.215. The van der Waals surface area contributed by atoms with Gasteiger partial charge in [0.2, 0.25) is 0 Å². The highest BCUT2D eigenvalue weighted by atomic mass is 32.1. The lowest BCUT2D eigenvalue weighted by molar-refractivity contribution is 0.267. The van der Waals surface area contributed by atoms with E-state index in [4.69, 9.17) is 4.74 Å². The number of aromatic nitrogens is 2. The molecule has 0 radical (unpaired) electrons. The summed E-state index contributed by atoms with van der Waals surface area (Å²) in [7, 11) is 3.97. The molecule has 3 aromatic rings. The van der Waals surface area contributed by atoms with E-state index >= 15 is 0 Å². The lowest BCUT2D eigenvalue weighted by atomic mass is 10.2. The molecule has 0 aliphatic carbocycles. The second-order valence-corrected chi connectivity index (χ2v) is 7.32. The van der Waals surface area contributed by atoms with E-state index in [0.717, 1.165) is 22.0 Å². The number of nitrogens with zero attached hydrogens (tertiary/aromatic N) is 1. The van der Waals surface area contributed by atoms with E-state index < -0.39 is 0 Å². The zero-order valence-corrected chi connectivity index (χ0v) is 16.0. The third-order valence-corrected chi connectivity index (χ3v) is 4.71. The van der Waals surface area contributed by atoms with Gasteiger partial charge in [-0.25, -0.2) is 0 Å². The molecule has 0 spiro atoms. The Labute approximate surface area is 160 Å². The first-order chi connectivity index (χ1) is 13.0. The van der Waals surface area contributed by atoms with Gasteiger partial charge in [0.15, 0.2) is 5.06 Å². The van der Waals surface area contributed by atoms with E-state index in [2.05, 4.69) is 9.97 Å². The number of H-pyrrole nitrogens is 2. The van der Waals surface area contributed by atoms with E-state index in [1.54, 1.807) is 12.2 Å². The standard InChI is InChI=1S/C20H21N3O3S/c1-23(2)10-11-26-18-9-8-15(27-18)13-17-20(25)21-16(19(24)22-17)12-14-6-4-3-5-7-14/h3-9,12-13H,10-11H2,1-2H3,(H,21,25)(H,22,24)/b16-12-,17-13-. The monoisotopic (exact) mass is 383 g/mol. The van der Waals surface area contributed by atoms with Crippen LogP contribution in [0.15, 0.2) is 52.1 Å². The maximum atomic E-state index is 12.3. The molecule has 0 aliphatic heterocycles. The largest absolute Gasteiger partial charge is 0.483 e. The molecule has 7 heteroatoms. The molecule has 0 fully saturated rings. The van der Waals surface area contributed by atoms with Crippen molar-refractivity contribution in [3.05, 3.63) is 84.3 Å². The maximum Gasteiger partial charge on any atom is 0.272 e. The van der Waals surface area contributed by atoms with Crippen molar-refractivity contribution in [3.8, 4) is 5.06 Å². The van der Waals surface area contributed by atoms with E-state index in [1.165, 1.54) is 11.3 Å². The molecule has 0 saturated carbocycles. The number of thiophene rings is 1. The Morgan fingerprint density at radius 2 is 1.63 bits per heavy atom. The van der Waals surface area contributed by atoms with Gasteiger partial charge >= 0.3 is 0 Å². The Morgan fingerprint density at radius 1 is 0.963 bits per heavy atom. The fourth-order valence-corrected chi connectivity index (χ4v) is 3.20. The number of hydrogen-bond acceptors (Lipinski definition) is 5. The van der Waals surface area contributed by atoms with Crippen molar-refractivity contribution in [2.24, 2.45) is 0 Å². The Hall–Kier alpha value is -2.90. The maximum absolute atomic E-state index is 12.3. The van der Waals surface area contributed by atoms with E-state index in [-0.39, 0.29) is 21.8 Å². The van der Waals surface area contributed by atoms with Gasteiger partial charge in [-0.3, -0.25) is 9.59 Å². The summed E-state index contributed by atoms with van der Waals surface area (Å²) < 4.78 is 5.67. The predicted molar refractivity (Wildman–Crippen MR) is 109 cm³/mol.